The molecule has 0 spiro atoms. The minimum absolute atomic E-state index is 0.826. The average Bonchev–Trinajstić information content (AvgIpc) is 2.49. The predicted molar refractivity (Wildman–Crippen MR) is 77.5 cm³/mol. The highest BCUT2D eigenvalue weighted by molar-refractivity contribution is 5.89. The van der Waals surface area contributed by atoms with Crippen molar-refractivity contribution in [2.24, 2.45) is 0 Å². The maximum atomic E-state index is 5.37. The molecule has 1 aromatic heterocycles. The van der Waals surface area contributed by atoms with E-state index in [2.05, 4.69) is 41.4 Å². The van der Waals surface area contributed by atoms with E-state index in [9.17, 15) is 0 Å². The lowest BCUT2D eigenvalue weighted by Crippen LogP contribution is -1.96. The van der Waals surface area contributed by atoms with Crippen molar-refractivity contribution in [1.82, 2.24) is 4.98 Å². The normalized spacial score (nSPS) is 10.6. The van der Waals surface area contributed by atoms with E-state index in [1.807, 2.05) is 18.2 Å². The Morgan fingerprint density at radius 2 is 1.58 bits per heavy atom. The Bertz CT molecular complexity index is 692. The quantitative estimate of drug-likeness (QED) is 0.703. The molecule has 3 rings (SSSR count). The van der Waals surface area contributed by atoms with Gasteiger partial charge >= 0.3 is 0 Å². The maximum Gasteiger partial charge on any atom is 0.144 e. The number of aromatic nitrogens is 1. The first kappa shape index (κ1) is 11.7. The van der Waals surface area contributed by atoms with Crippen LogP contribution in [0.4, 0.5) is 0 Å². The number of nitrogens with zero attached hydrogens (tertiary/aromatic N) is 1. The van der Waals surface area contributed by atoms with Crippen LogP contribution in [0.3, 0.4) is 0 Å². The largest absolute Gasteiger partial charge is 0.494 e. The number of hydrogen-bond donors (Lipinski definition) is 0. The second-order valence-electron chi connectivity index (χ2n) is 4.48. The lowest BCUT2D eigenvalue weighted by molar-refractivity contribution is 0.418. The van der Waals surface area contributed by atoms with E-state index >= 15 is 0 Å². The number of pyridine rings is 1. The Morgan fingerprint density at radius 3 is 2.32 bits per heavy atom. The Balaban J connectivity index is 2.10. The number of benzene rings is 2. The zero-order valence-corrected chi connectivity index (χ0v) is 10.8. The second-order valence-corrected chi connectivity index (χ2v) is 4.48. The Morgan fingerprint density at radius 1 is 0.895 bits per heavy atom. The first-order valence-electron chi connectivity index (χ1n) is 6.33. The zero-order chi connectivity index (χ0) is 13.1. The topological polar surface area (TPSA) is 22.1 Å². The van der Waals surface area contributed by atoms with E-state index < -0.39 is 0 Å². The van der Waals surface area contributed by atoms with Gasteiger partial charge in [0.05, 0.1) is 19.0 Å². The Kier molecular flexibility index (Phi) is 3.15. The van der Waals surface area contributed by atoms with Crippen LogP contribution in [0.5, 0.6) is 5.75 Å². The van der Waals surface area contributed by atoms with Gasteiger partial charge in [0.15, 0.2) is 0 Å². The summed E-state index contributed by atoms with van der Waals surface area (Å²) < 4.78 is 5.37. The highest BCUT2D eigenvalue weighted by atomic mass is 16.5. The fourth-order valence-electron chi connectivity index (χ4n) is 2.32. The van der Waals surface area contributed by atoms with Crippen molar-refractivity contribution in [1.29, 1.82) is 0 Å². The highest BCUT2D eigenvalue weighted by Crippen LogP contribution is 2.27. The van der Waals surface area contributed by atoms with Crippen LogP contribution >= 0.6 is 0 Å². The number of ether oxygens (including phenoxy) is 1. The molecule has 2 heteroatoms. The van der Waals surface area contributed by atoms with Gasteiger partial charge in [-0.25, -0.2) is 0 Å². The minimum atomic E-state index is 0.826. The van der Waals surface area contributed by atoms with E-state index in [1.54, 1.807) is 13.3 Å². The van der Waals surface area contributed by atoms with E-state index in [0.717, 1.165) is 28.6 Å². The van der Waals surface area contributed by atoms with Gasteiger partial charge in [-0.05, 0) is 5.56 Å². The third-order valence-corrected chi connectivity index (χ3v) is 3.28. The minimum Gasteiger partial charge on any atom is -0.494 e. The van der Waals surface area contributed by atoms with Crippen LogP contribution < -0.4 is 4.74 Å². The van der Waals surface area contributed by atoms with Gasteiger partial charge in [0, 0.05) is 17.2 Å². The summed E-state index contributed by atoms with van der Waals surface area (Å²) in [4.78, 5) is 4.55. The summed E-state index contributed by atoms with van der Waals surface area (Å²) in [6.45, 7) is 0. The molecular weight excluding hydrogens is 234 g/mol. The first-order chi connectivity index (χ1) is 9.38. The molecule has 3 aromatic rings. The van der Waals surface area contributed by atoms with Gasteiger partial charge in [0.2, 0.25) is 0 Å². The van der Waals surface area contributed by atoms with E-state index in [0.29, 0.717) is 0 Å². The molecule has 0 fully saturated rings. The lowest BCUT2D eigenvalue weighted by Gasteiger charge is -2.09. The summed E-state index contributed by atoms with van der Waals surface area (Å²) in [5, 5.41) is 2.27. The summed E-state index contributed by atoms with van der Waals surface area (Å²) in [6.07, 6.45) is 2.64. The number of hydrogen-bond acceptors (Lipinski definition) is 2. The van der Waals surface area contributed by atoms with Gasteiger partial charge < -0.3 is 4.74 Å². The van der Waals surface area contributed by atoms with Crippen molar-refractivity contribution in [2.45, 2.75) is 6.42 Å². The van der Waals surface area contributed by atoms with Crippen LogP contribution in [0, 0.1) is 0 Å². The van der Waals surface area contributed by atoms with Crippen molar-refractivity contribution in [2.75, 3.05) is 7.11 Å². The van der Waals surface area contributed by atoms with Gasteiger partial charge in [-0.3, -0.25) is 4.98 Å². The Hall–Kier alpha value is -2.35. The van der Waals surface area contributed by atoms with Crippen LogP contribution in [0.15, 0.2) is 60.8 Å². The second kappa shape index (κ2) is 5.11. The van der Waals surface area contributed by atoms with Gasteiger partial charge in [0.25, 0.3) is 0 Å². The van der Waals surface area contributed by atoms with Crippen LogP contribution in [0.2, 0.25) is 0 Å². The molecule has 1 heterocycles. The standard InChI is InChI=1S/C17H15NO/c1-19-17-12-18-16(11-13-7-3-2-4-8-13)14-9-5-6-10-15(14)17/h2-10,12H,11H2,1H3. The summed E-state index contributed by atoms with van der Waals surface area (Å²) >= 11 is 0. The predicted octanol–water partition coefficient (Wildman–Crippen LogP) is 3.83. The monoisotopic (exact) mass is 249 g/mol. The molecule has 0 bridgehead atoms. The third kappa shape index (κ3) is 2.29. The number of methoxy groups -OCH3 is 1. The van der Waals surface area contributed by atoms with Crippen LogP contribution in [0.25, 0.3) is 10.8 Å². The van der Waals surface area contributed by atoms with Crippen LogP contribution in [-0.4, -0.2) is 12.1 Å². The molecule has 2 nitrogen and oxygen atoms in total. The van der Waals surface area contributed by atoms with Crippen molar-refractivity contribution in [3.8, 4) is 5.75 Å². The number of rotatable bonds is 3. The molecule has 0 N–H and O–H groups in total. The molecule has 2 aromatic carbocycles. The summed E-state index contributed by atoms with van der Waals surface area (Å²) in [5.74, 6) is 0.826. The molecule has 0 amide bonds. The maximum absolute atomic E-state index is 5.37. The molecule has 0 aliphatic heterocycles. The molecule has 19 heavy (non-hydrogen) atoms. The summed E-state index contributed by atoms with van der Waals surface area (Å²) in [6, 6.07) is 18.6. The van der Waals surface area contributed by atoms with E-state index in [-0.39, 0.29) is 0 Å². The van der Waals surface area contributed by atoms with E-state index in [1.165, 1.54) is 5.56 Å². The molecular formula is C17H15NO. The molecule has 94 valence electrons. The van der Waals surface area contributed by atoms with Gasteiger partial charge in [-0.2, -0.15) is 0 Å². The highest BCUT2D eigenvalue weighted by Gasteiger charge is 2.07. The molecule has 0 saturated heterocycles. The van der Waals surface area contributed by atoms with E-state index in [4.69, 9.17) is 4.74 Å². The fourth-order valence-corrected chi connectivity index (χ4v) is 2.32. The fraction of sp³-hybridized carbons (Fsp3) is 0.118. The Labute approximate surface area is 112 Å². The number of fused-ring (bicyclic) bond motifs is 1. The summed E-state index contributed by atoms with van der Waals surface area (Å²) in [7, 11) is 1.68. The molecule has 0 radical (unpaired) electrons. The smallest absolute Gasteiger partial charge is 0.144 e. The van der Waals surface area contributed by atoms with Crippen LogP contribution in [0.1, 0.15) is 11.3 Å². The molecule has 0 aliphatic rings. The van der Waals surface area contributed by atoms with Crippen molar-refractivity contribution in [3.05, 3.63) is 72.1 Å². The first-order valence-corrected chi connectivity index (χ1v) is 6.33. The lowest BCUT2D eigenvalue weighted by atomic mass is 10.0. The SMILES string of the molecule is COc1cnc(Cc2ccccc2)c2ccccc12. The van der Waals surface area contributed by atoms with Crippen molar-refractivity contribution >= 4 is 10.8 Å². The van der Waals surface area contributed by atoms with Gasteiger partial charge in [0.1, 0.15) is 5.75 Å². The third-order valence-electron chi connectivity index (χ3n) is 3.28. The van der Waals surface area contributed by atoms with Gasteiger partial charge in [-0.15, -0.1) is 0 Å². The molecule has 0 unspecified atom stereocenters. The average molecular weight is 249 g/mol. The summed E-state index contributed by atoms with van der Waals surface area (Å²) in [5.41, 5.74) is 2.35. The molecule has 0 atom stereocenters. The van der Waals surface area contributed by atoms with Gasteiger partial charge in [-0.1, -0.05) is 54.6 Å². The van der Waals surface area contributed by atoms with Crippen molar-refractivity contribution < 1.29 is 4.74 Å². The van der Waals surface area contributed by atoms with Crippen molar-refractivity contribution in [3.63, 3.8) is 0 Å². The molecule has 0 saturated carbocycles. The van der Waals surface area contributed by atoms with Crippen LogP contribution in [-0.2, 0) is 6.42 Å². The molecule has 0 aliphatic carbocycles. The zero-order valence-electron chi connectivity index (χ0n) is 10.8.